The minimum Gasteiger partial charge on any atom is -0.328 e. The first-order chi connectivity index (χ1) is 10.7. The molecule has 4 nitrogen and oxygen atoms in total. The average Bonchev–Trinajstić information content (AvgIpc) is 3.16. The van der Waals surface area contributed by atoms with Crippen molar-refractivity contribution in [3.05, 3.63) is 58.4 Å². The van der Waals surface area contributed by atoms with Gasteiger partial charge in [-0.25, -0.2) is 4.98 Å². The molecule has 5 heteroatoms. The van der Waals surface area contributed by atoms with Crippen LogP contribution in [0.15, 0.2) is 36.5 Å². The number of carbonyl (C=O) groups excluding carboxylic acids is 1. The smallest absolute Gasteiger partial charge is 0.254 e. The number of aryl methyl sites for hydroxylation is 1. The van der Waals surface area contributed by atoms with Crippen LogP contribution in [0.2, 0.25) is 0 Å². The molecule has 1 amide bonds. The molecule has 1 aromatic carbocycles. The van der Waals surface area contributed by atoms with Crippen LogP contribution >= 0.6 is 11.3 Å². The summed E-state index contributed by atoms with van der Waals surface area (Å²) in [5, 5.41) is 1.11. The molecule has 1 aliphatic rings. The fourth-order valence-electron chi connectivity index (χ4n) is 2.78. The largest absolute Gasteiger partial charge is 0.328 e. The number of benzene rings is 1. The molecular formula is C17H15N3OS. The molecule has 0 fully saturated rings. The van der Waals surface area contributed by atoms with Gasteiger partial charge in [-0.2, -0.15) is 0 Å². The molecule has 0 radical (unpaired) electrons. The average molecular weight is 309 g/mol. The molecule has 2 aromatic heterocycles. The molecule has 4 rings (SSSR count). The molecule has 0 N–H and O–H groups in total. The number of thiazole rings is 1. The van der Waals surface area contributed by atoms with E-state index in [9.17, 15) is 4.79 Å². The SMILES string of the molecule is CCc1nc2ccc(C(=O)N3Cc4cccnc4C3)cc2s1. The Kier molecular flexibility index (Phi) is 3.15. The number of hydrogen-bond donors (Lipinski definition) is 0. The van der Waals surface area contributed by atoms with Crippen LogP contribution in [0, 0.1) is 0 Å². The van der Waals surface area contributed by atoms with Crippen molar-refractivity contribution in [1.29, 1.82) is 0 Å². The maximum absolute atomic E-state index is 12.7. The molecule has 3 aromatic rings. The Labute approximate surface area is 132 Å². The maximum Gasteiger partial charge on any atom is 0.254 e. The van der Waals surface area contributed by atoms with Crippen molar-refractivity contribution in [3.8, 4) is 0 Å². The molecule has 0 saturated heterocycles. The number of carbonyl (C=O) groups is 1. The lowest BCUT2D eigenvalue weighted by atomic mass is 10.2. The summed E-state index contributed by atoms with van der Waals surface area (Å²) in [6, 6.07) is 9.74. The zero-order valence-corrected chi connectivity index (χ0v) is 13.1. The van der Waals surface area contributed by atoms with Crippen molar-refractivity contribution >= 4 is 27.5 Å². The summed E-state index contributed by atoms with van der Waals surface area (Å²) in [5.41, 5.74) is 3.85. The van der Waals surface area contributed by atoms with Gasteiger partial charge in [0.2, 0.25) is 0 Å². The Bertz CT molecular complexity index is 846. The van der Waals surface area contributed by atoms with Crippen molar-refractivity contribution in [2.45, 2.75) is 26.4 Å². The Balaban J connectivity index is 1.63. The van der Waals surface area contributed by atoms with Crippen molar-refractivity contribution in [2.24, 2.45) is 0 Å². The van der Waals surface area contributed by atoms with E-state index in [0.29, 0.717) is 13.1 Å². The molecule has 0 spiro atoms. The minimum absolute atomic E-state index is 0.0614. The number of amides is 1. The third-order valence-corrected chi connectivity index (χ3v) is 5.12. The maximum atomic E-state index is 12.7. The molecule has 22 heavy (non-hydrogen) atoms. The predicted octanol–water partition coefficient (Wildman–Crippen LogP) is 3.41. The van der Waals surface area contributed by atoms with Crippen molar-refractivity contribution < 1.29 is 4.79 Å². The van der Waals surface area contributed by atoms with Gasteiger partial charge in [-0.15, -0.1) is 11.3 Å². The number of nitrogens with zero attached hydrogens (tertiary/aromatic N) is 3. The van der Waals surface area contributed by atoms with Crippen LogP contribution in [0.25, 0.3) is 10.2 Å². The number of pyridine rings is 1. The van der Waals surface area contributed by atoms with E-state index >= 15 is 0 Å². The molecule has 0 atom stereocenters. The second kappa shape index (κ2) is 5.18. The van der Waals surface area contributed by atoms with Gasteiger partial charge in [-0.05, 0) is 36.2 Å². The van der Waals surface area contributed by atoms with Crippen LogP contribution < -0.4 is 0 Å². The quantitative estimate of drug-likeness (QED) is 0.729. The van der Waals surface area contributed by atoms with Crippen LogP contribution in [0.3, 0.4) is 0 Å². The van der Waals surface area contributed by atoms with E-state index in [1.165, 1.54) is 0 Å². The van der Waals surface area contributed by atoms with Crippen LogP contribution in [0.1, 0.15) is 33.5 Å². The van der Waals surface area contributed by atoms with E-state index < -0.39 is 0 Å². The summed E-state index contributed by atoms with van der Waals surface area (Å²) in [5.74, 6) is 0.0614. The second-order valence-corrected chi connectivity index (χ2v) is 6.53. The van der Waals surface area contributed by atoms with Gasteiger partial charge in [-0.1, -0.05) is 13.0 Å². The van der Waals surface area contributed by atoms with Gasteiger partial charge in [0.05, 0.1) is 27.5 Å². The number of hydrogen-bond acceptors (Lipinski definition) is 4. The second-order valence-electron chi connectivity index (χ2n) is 5.41. The Morgan fingerprint density at radius 2 is 2.23 bits per heavy atom. The van der Waals surface area contributed by atoms with E-state index in [0.717, 1.165) is 38.5 Å². The first-order valence-corrected chi connectivity index (χ1v) is 8.18. The molecule has 1 aliphatic heterocycles. The molecule has 110 valence electrons. The van der Waals surface area contributed by atoms with Crippen LogP contribution in [-0.2, 0) is 19.5 Å². The summed E-state index contributed by atoms with van der Waals surface area (Å²) in [4.78, 5) is 23.5. The topological polar surface area (TPSA) is 46.1 Å². The lowest BCUT2D eigenvalue weighted by molar-refractivity contribution is 0.0750. The third kappa shape index (κ3) is 2.18. The van der Waals surface area contributed by atoms with Crippen molar-refractivity contribution in [2.75, 3.05) is 0 Å². The number of fused-ring (bicyclic) bond motifs is 2. The van der Waals surface area contributed by atoms with Crippen molar-refractivity contribution in [3.63, 3.8) is 0 Å². The van der Waals surface area contributed by atoms with E-state index in [2.05, 4.69) is 16.9 Å². The molecule has 0 unspecified atom stereocenters. The lowest BCUT2D eigenvalue weighted by Gasteiger charge is -2.15. The highest BCUT2D eigenvalue weighted by molar-refractivity contribution is 7.18. The van der Waals surface area contributed by atoms with Gasteiger partial charge in [0, 0.05) is 18.3 Å². The summed E-state index contributed by atoms with van der Waals surface area (Å²) in [7, 11) is 0. The first kappa shape index (κ1) is 13.4. The highest BCUT2D eigenvalue weighted by Crippen LogP contribution is 2.26. The standard InChI is InChI=1S/C17H15N3OS/c1-2-16-19-13-6-5-11(8-15(13)22-16)17(21)20-9-12-4-3-7-18-14(12)10-20/h3-8H,2,9-10H2,1H3. The van der Waals surface area contributed by atoms with Gasteiger partial charge in [-0.3, -0.25) is 9.78 Å². The molecule has 3 heterocycles. The first-order valence-electron chi connectivity index (χ1n) is 7.36. The predicted molar refractivity (Wildman–Crippen MR) is 86.8 cm³/mol. The van der Waals surface area contributed by atoms with Gasteiger partial charge in [0.25, 0.3) is 5.91 Å². The minimum atomic E-state index is 0.0614. The third-order valence-electron chi connectivity index (χ3n) is 3.96. The van der Waals surface area contributed by atoms with Gasteiger partial charge < -0.3 is 4.90 Å². The Morgan fingerprint density at radius 3 is 3.05 bits per heavy atom. The molecule has 0 bridgehead atoms. The van der Waals surface area contributed by atoms with Gasteiger partial charge in [0.1, 0.15) is 0 Å². The molecule has 0 saturated carbocycles. The summed E-state index contributed by atoms with van der Waals surface area (Å²) >= 11 is 1.66. The number of aromatic nitrogens is 2. The summed E-state index contributed by atoms with van der Waals surface area (Å²) in [6.07, 6.45) is 2.71. The normalized spacial score (nSPS) is 13.6. The van der Waals surface area contributed by atoms with E-state index in [4.69, 9.17) is 0 Å². The number of rotatable bonds is 2. The summed E-state index contributed by atoms with van der Waals surface area (Å²) in [6.45, 7) is 3.33. The highest BCUT2D eigenvalue weighted by Gasteiger charge is 2.25. The van der Waals surface area contributed by atoms with E-state index in [1.807, 2.05) is 35.2 Å². The van der Waals surface area contributed by atoms with E-state index in [1.54, 1.807) is 17.5 Å². The molecular weight excluding hydrogens is 294 g/mol. The van der Waals surface area contributed by atoms with Gasteiger partial charge >= 0.3 is 0 Å². The van der Waals surface area contributed by atoms with Gasteiger partial charge in [0.15, 0.2) is 0 Å². The Morgan fingerprint density at radius 1 is 1.32 bits per heavy atom. The van der Waals surface area contributed by atoms with Crippen LogP contribution in [-0.4, -0.2) is 20.8 Å². The lowest BCUT2D eigenvalue weighted by Crippen LogP contribution is -2.25. The van der Waals surface area contributed by atoms with Crippen LogP contribution in [0.5, 0.6) is 0 Å². The van der Waals surface area contributed by atoms with E-state index in [-0.39, 0.29) is 5.91 Å². The molecule has 0 aliphatic carbocycles. The van der Waals surface area contributed by atoms with Crippen molar-refractivity contribution in [1.82, 2.24) is 14.9 Å². The summed E-state index contributed by atoms with van der Waals surface area (Å²) < 4.78 is 1.08. The zero-order chi connectivity index (χ0) is 15.1. The monoisotopic (exact) mass is 309 g/mol. The zero-order valence-electron chi connectivity index (χ0n) is 12.2. The van der Waals surface area contributed by atoms with Crippen LogP contribution in [0.4, 0.5) is 0 Å². The fourth-order valence-corrected chi connectivity index (χ4v) is 3.73. The Hall–Kier alpha value is -2.27. The highest BCUT2D eigenvalue weighted by atomic mass is 32.1. The fraction of sp³-hybridized carbons (Fsp3) is 0.235.